The maximum absolute atomic E-state index is 13.3. The normalized spacial score (nSPS) is 14.7. The summed E-state index contributed by atoms with van der Waals surface area (Å²) in [7, 11) is 1.51. The standard InChI is InChI=1S/C28H25BrN2O5/c1-4-20-10-5-6-11-23(20)31-27(33)21(26(32)30-28(31)34)13-19-14-22(29)25(24(15-19)35-3)36-16-18-9-7-8-17(2)12-18/h5-15H,4,16H2,1-3H3,(H,30,32,34)/b21-13-. The van der Waals surface area contributed by atoms with Crippen molar-refractivity contribution in [3.8, 4) is 11.5 Å². The van der Waals surface area contributed by atoms with Gasteiger partial charge in [0.15, 0.2) is 11.5 Å². The van der Waals surface area contributed by atoms with Crippen molar-refractivity contribution in [2.24, 2.45) is 0 Å². The Kier molecular flexibility index (Phi) is 7.55. The molecule has 4 amide bonds. The molecule has 3 aromatic carbocycles. The summed E-state index contributed by atoms with van der Waals surface area (Å²) in [5.74, 6) is -0.532. The number of nitrogens with zero attached hydrogens (tertiary/aromatic N) is 1. The van der Waals surface area contributed by atoms with Gasteiger partial charge in [-0.2, -0.15) is 0 Å². The van der Waals surface area contributed by atoms with E-state index in [1.165, 1.54) is 13.2 Å². The second kappa shape index (κ2) is 10.8. The van der Waals surface area contributed by atoms with Gasteiger partial charge in [0.1, 0.15) is 12.2 Å². The molecule has 1 N–H and O–H groups in total. The minimum atomic E-state index is -0.776. The number of carbonyl (C=O) groups excluding carboxylic acids is 3. The van der Waals surface area contributed by atoms with Crippen molar-refractivity contribution in [3.63, 3.8) is 0 Å². The highest BCUT2D eigenvalue weighted by atomic mass is 79.9. The summed E-state index contributed by atoms with van der Waals surface area (Å²) in [6, 6.07) is 17.7. The Hall–Kier alpha value is -3.91. The lowest BCUT2D eigenvalue weighted by Gasteiger charge is -2.28. The third-order valence-corrected chi connectivity index (χ3v) is 6.33. The molecule has 0 unspecified atom stereocenters. The first kappa shape index (κ1) is 25.2. The Bertz CT molecular complexity index is 1380. The Morgan fingerprint density at radius 2 is 1.81 bits per heavy atom. The second-order valence-corrected chi connectivity index (χ2v) is 9.11. The van der Waals surface area contributed by atoms with E-state index in [0.717, 1.165) is 21.6 Å². The summed E-state index contributed by atoms with van der Waals surface area (Å²) in [4.78, 5) is 39.5. The van der Waals surface area contributed by atoms with Crippen LogP contribution in [0.5, 0.6) is 11.5 Å². The number of para-hydroxylation sites is 1. The van der Waals surface area contributed by atoms with E-state index >= 15 is 0 Å². The smallest absolute Gasteiger partial charge is 0.335 e. The van der Waals surface area contributed by atoms with Crippen LogP contribution in [-0.4, -0.2) is 25.0 Å². The quantitative estimate of drug-likeness (QED) is 0.308. The zero-order valence-electron chi connectivity index (χ0n) is 20.1. The number of anilines is 1. The monoisotopic (exact) mass is 548 g/mol. The number of urea groups is 1. The second-order valence-electron chi connectivity index (χ2n) is 8.25. The topological polar surface area (TPSA) is 84.9 Å². The van der Waals surface area contributed by atoms with E-state index in [4.69, 9.17) is 9.47 Å². The molecule has 0 bridgehead atoms. The maximum Gasteiger partial charge on any atom is 0.335 e. The summed E-state index contributed by atoms with van der Waals surface area (Å²) < 4.78 is 12.1. The SMILES string of the molecule is CCc1ccccc1N1C(=O)NC(=O)/C(=C/c2cc(Br)c(OCc3cccc(C)c3)c(OC)c2)C1=O. The molecule has 7 nitrogen and oxygen atoms in total. The van der Waals surface area contributed by atoms with Crippen molar-refractivity contribution in [2.45, 2.75) is 26.9 Å². The first-order valence-corrected chi connectivity index (χ1v) is 12.2. The number of imide groups is 2. The van der Waals surface area contributed by atoms with Crippen LogP contribution in [0.15, 0.2) is 70.7 Å². The highest BCUT2D eigenvalue weighted by molar-refractivity contribution is 9.10. The molecule has 184 valence electrons. The van der Waals surface area contributed by atoms with Gasteiger partial charge in [-0.25, -0.2) is 9.69 Å². The number of carbonyl (C=O) groups is 3. The number of barbiturate groups is 1. The first-order valence-electron chi connectivity index (χ1n) is 11.4. The third-order valence-electron chi connectivity index (χ3n) is 5.74. The lowest BCUT2D eigenvalue weighted by molar-refractivity contribution is -0.122. The summed E-state index contributed by atoms with van der Waals surface area (Å²) >= 11 is 3.51. The van der Waals surface area contributed by atoms with Crippen molar-refractivity contribution in [2.75, 3.05) is 12.0 Å². The van der Waals surface area contributed by atoms with Crippen molar-refractivity contribution < 1.29 is 23.9 Å². The van der Waals surface area contributed by atoms with Crippen LogP contribution < -0.4 is 19.7 Å². The fourth-order valence-corrected chi connectivity index (χ4v) is 4.57. The molecule has 1 fully saturated rings. The number of hydrogen-bond donors (Lipinski definition) is 1. The van der Waals surface area contributed by atoms with E-state index in [9.17, 15) is 14.4 Å². The van der Waals surface area contributed by atoms with Gasteiger partial charge in [0, 0.05) is 0 Å². The molecule has 1 heterocycles. The van der Waals surface area contributed by atoms with Gasteiger partial charge in [-0.1, -0.05) is 55.0 Å². The number of hydrogen-bond acceptors (Lipinski definition) is 5. The predicted octanol–water partition coefficient (Wildman–Crippen LogP) is 5.57. The molecule has 36 heavy (non-hydrogen) atoms. The van der Waals surface area contributed by atoms with E-state index in [1.54, 1.807) is 24.3 Å². The number of aryl methyl sites for hydroxylation is 2. The van der Waals surface area contributed by atoms with Crippen molar-refractivity contribution >= 4 is 45.5 Å². The molecular weight excluding hydrogens is 524 g/mol. The summed E-state index contributed by atoms with van der Waals surface area (Å²) in [6.45, 7) is 4.28. The highest BCUT2D eigenvalue weighted by Gasteiger charge is 2.37. The third kappa shape index (κ3) is 5.18. The van der Waals surface area contributed by atoms with Crippen LogP contribution in [0, 0.1) is 6.92 Å². The van der Waals surface area contributed by atoms with E-state index in [2.05, 4.69) is 21.2 Å². The van der Waals surface area contributed by atoms with Crippen LogP contribution in [-0.2, 0) is 22.6 Å². The van der Waals surface area contributed by atoms with Gasteiger partial charge in [0.2, 0.25) is 0 Å². The summed E-state index contributed by atoms with van der Waals surface area (Å²) in [5.41, 5.74) is 3.76. The lowest BCUT2D eigenvalue weighted by Crippen LogP contribution is -2.54. The van der Waals surface area contributed by atoms with Gasteiger partial charge < -0.3 is 9.47 Å². The number of amides is 4. The minimum absolute atomic E-state index is 0.164. The number of nitrogens with one attached hydrogen (secondary N) is 1. The Balaban J connectivity index is 1.66. The molecule has 0 aliphatic carbocycles. The Labute approximate surface area is 217 Å². The van der Waals surface area contributed by atoms with Crippen LogP contribution in [0.1, 0.15) is 29.2 Å². The molecule has 8 heteroatoms. The number of ether oxygens (including phenoxy) is 2. The first-order chi connectivity index (χ1) is 17.3. The Morgan fingerprint density at radius 3 is 2.53 bits per heavy atom. The van der Waals surface area contributed by atoms with Crippen molar-refractivity contribution in [3.05, 3.63) is 93.0 Å². The molecule has 3 aromatic rings. The van der Waals surface area contributed by atoms with Crippen LogP contribution in [0.2, 0.25) is 0 Å². The van der Waals surface area contributed by atoms with E-state index in [1.807, 2.05) is 50.2 Å². The minimum Gasteiger partial charge on any atom is -0.493 e. The molecule has 0 spiro atoms. The predicted molar refractivity (Wildman–Crippen MR) is 141 cm³/mol. The largest absolute Gasteiger partial charge is 0.493 e. The zero-order valence-corrected chi connectivity index (χ0v) is 21.7. The van der Waals surface area contributed by atoms with Gasteiger partial charge in [-0.05, 0) is 70.2 Å². The molecule has 0 radical (unpaired) electrons. The van der Waals surface area contributed by atoms with E-state index in [0.29, 0.717) is 40.3 Å². The van der Waals surface area contributed by atoms with Crippen LogP contribution in [0.25, 0.3) is 6.08 Å². The number of methoxy groups -OCH3 is 1. The number of benzene rings is 3. The molecular formula is C28H25BrN2O5. The van der Waals surface area contributed by atoms with Gasteiger partial charge in [0.05, 0.1) is 17.3 Å². The Morgan fingerprint density at radius 1 is 1.03 bits per heavy atom. The van der Waals surface area contributed by atoms with E-state index in [-0.39, 0.29) is 5.57 Å². The van der Waals surface area contributed by atoms with Gasteiger partial charge in [-0.15, -0.1) is 0 Å². The zero-order chi connectivity index (χ0) is 25.8. The number of rotatable bonds is 7. The molecule has 4 rings (SSSR count). The summed E-state index contributed by atoms with van der Waals surface area (Å²) in [5, 5.41) is 2.27. The molecule has 0 atom stereocenters. The van der Waals surface area contributed by atoms with Gasteiger partial charge in [-0.3, -0.25) is 14.9 Å². The lowest BCUT2D eigenvalue weighted by atomic mass is 10.0. The van der Waals surface area contributed by atoms with E-state index < -0.39 is 17.8 Å². The van der Waals surface area contributed by atoms with Crippen LogP contribution >= 0.6 is 15.9 Å². The van der Waals surface area contributed by atoms with Crippen molar-refractivity contribution in [1.82, 2.24) is 5.32 Å². The highest BCUT2D eigenvalue weighted by Crippen LogP contribution is 2.38. The molecule has 1 saturated heterocycles. The van der Waals surface area contributed by atoms with Gasteiger partial charge >= 0.3 is 6.03 Å². The molecule has 0 aromatic heterocycles. The molecule has 1 aliphatic heterocycles. The average Bonchev–Trinajstić information content (AvgIpc) is 2.86. The average molecular weight is 549 g/mol. The summed E-state index contributed by atoms with van der Waals surface area (Å²) in [6.07, 6.45) is 2.05. The fraction of sp³-hybridized carbons (Fsp3) is 0.179. The van der Waals surface area contributed by atoms with Gasteiger partial charge in [0.25, 0.3) is 11.8 Å². The number of halogens is 1. The van der Waals surface area contributed by atoms with Crippen molar-refractivity contribution in [1.29, 1.82) is 0 Å². The molecule has 1 aliphatic rings. The van der Waals surface area contributed by atoms with Crippen LogP contribution in [0.3, 0.4) is 0 Å². The van der Waals surface area contributed by atoms with Crippen LogP contribution in [0.4, 0.5) is 10.5 Å². The molecule has 0 saturated carbocycles. The fourth-order valence-electron chi connectivity index (χ4n) is 3.99. The maximum atomic E-state index is 13.3.